The molecule has 0 aliphatic heterocycles. The van der Waals surface area contributed by atoms with E-state index in [1.54, 1.807) is 7.11 Å². The molecule has 0 aliphatic carbocycles. The van der Waals surface area contributed by atoms with E-state index in [0.717, 1.165) is 42.2 Å². The fourth-order valence-electron chi connectivity index (χ4n) is 3.17. The smallest absolute Gasteiger partial charge is 0.161 e. The minimum atomic E-state index is 0.0208. The number of nitrogens with zero attached hydrogens (tertiary/aromatic N) is 2. The van der Waals surface area contributed by atoms with Gasteiger partial charge in [0.1, 0.15) is 5.82 Å². The van der Waals surface area contributed by atoms with Crippen molar-refractivity contribution in [1.82, 2.24) is 9.55 Å². The van der Waals surface area contributed by atoms with Gasteiger partial charge in [-0.15, -0.1) is 0 Å². The van der Waals surface area contributed by atoms with E-state index in [1.807, 2.05) is 30.3 Å². The fraction of sp³-hybridized carbons (Fsp3) is 0.409. The Hall–Kier alpha value is -2.49. The number of ether oxygens (including phenoxy) is 2. The first-order chi connectivity index (χ1) is 12.5. The van der Waals surface area contributed by atoms with Gasteiger partial charge in [0.25, 0.3) is 0 Å². The third-order valence-electron chi connectivity index (χ3n) is 4.43. The summed E-state index contributed by atoms with van der Waals surface area (Å²) in [4.78, 5) is 4.87. The van der Waals surface area contributed by atoms with Crippen molar-refractivity contribution in [3.63, 3.8) is 0 Å². The predicted molar refractivity (Wildman–Crippen MR) is 106 cm³/mol. The average molecular weight is 352 g/mol. The van der Waals surface area contributed by atoms with E-state index in [2.05, 4.69) is 43.5 Å². The van der Waals surface area contributed by atoms with Gasteiger partial charge in [0.2, 0.25) is 0 Å². The molecular weight excluding hydrogens is 324 g/mol. The lowest BCUT2D eigenvalue weighted by Crippen LogP contribution is -2.19. The molecule has 0 amide bonds. The number of methoxy groups -OCH3 is 1. The van der Waals surface area contributed by atoms with Crippen LogP contribution < -0.4 is 9.47 Å². The Morgan fingerprint density at radius 3 is 2.35 bits per heavy atom. The van der Waals surface area contributed by atoms with Crippen molar-refractivity contribution in [3.8, 4) is 11.5 Å². The standard InChI is InChI=1S/C22H28N2O2/c1-22(2,3)21-23-17-11-5-6-12-18(17)24(21)15-9-10-16-26-20-14-8-7-13-19(20)25-4/h5-8,11-14H,9-10,15-16H2,1-4H3. The van der Waals surface area contributed by atoms with Gasteiger partial charge in [0, 0.05) is 12.0 Å². The van der Waals surface area contributed by atoms with Crippen LogP contribution in [0.3, 0.4) is 0 Å². The molecule has 0 spiro atoms. The van der Waals surface area contributed by atoms with E-state index < -0.39 is 0 Å². The van der Waals surface area contributed by atoms with Crippen LogP contribution in [0.2, 0.25) is 0 Å². The number of imidazole rings is 1. The highest BCUT2D eigenvalue weighted by Gasteiger charge is 2.22. The maximum Gasteiger partial charge on any atom is 0.161 e. The second-order valence-corrected chi connectivity index (χ2v) is 7.53. The summed E-state index contributed by atoms with van der Waals surface area (Å²) in [6, 6.07) is 16.1. The maximum atomic E-state index is 5.88. The van der Waals surface area contributed by atoms with Gasteiger partial charge in [-0.2, -0.15) is 0 Å². The van der Waals surface area contributed by atoms with E-state index in [9.17, 15) is 0 Å². The normalized spacial score (nSPS) is 11.7. The molecule has 0 aliphatic rings. The summed E-state index contributed by atoms with van der Waals surface area (Å²) in [6.45, 7) is 8.28. The zero-order valence-electron chi connectivity index (χ0n) is 16.2. The SMILES string of the molecule is COc1ccccc1OCCCCn1c(C(C)(C)C)nc2ccccc21. The van der Waals surface area contributed by atoms with Crippen LogP contribution in [0.1, 0.15) is 39.4 Å². The third kappa shape index (κ3) is 4.01. The Labute approximate surface area is 155 Å². The van der Waals surface area contributed by atoms with Crippen LogP contribution in [-0.2, 0) is 12.0 Å². The predicted octanol–water partition coefficient (Wildman–Crippen LogP) is 5.20. The topological polar surface area (TPSA) is 36.3 Å². The summed E-state index contributed by atoms with van der Waals surface area (Å²) >= 11 is 0. The van der Waals surface area contributed by atoms with E-state index in [-0.39, 0.29) is 5.41 Å². The monoisotopic (exact) mass is 352 g/mol. The van der Waals surface area contributed by atoms with Crippen LogP contribution in [0.5, 0.6) is 11.5 Å². The summed E-state index contributed by atoms with van der Waals surface area (Å²) in [5, 5.41) is 0. The van der Waals surface area contributed by atoms with E-state index >= 15 is 0 Å². The van der Waals surface area contributed by atoms with E-state index in [4.69, 9.17) is 14.5 Å². The molecule has 3 rings (SSSR count). The van der Waals surface area contributed by atoms with E-state index in [0.29, 0.717) is 6.61 Å². The zero-order chi connectivity index (χ0) is 18.6. The number of para-hydroxylation sites is 4. The lowest BCUT2D eigenvalue weighted by atomic mass is 9.95. The first-order valence-electron chi connectivity index (χ1n) is 9.22. The van der Waals surface area contributed by atoms with Crippen molar-refractivity contribution in [2.45, 2.75) is 45.6 Å². The highest BCUT2D eigenvalue weighted by atomic mass is 16.5. The molecule has 0 saturated heterocycles. The quantitative estimate of drug-likeness (QED) is 0.548. The Bertz CT molecular complexity index is 862. The molecule has 0 radical (unpaired) electrons. The highest BCUT2D eigenvalue weighted by Crippen LogP contribution is 2.28. The van der Waals surface area contributed by atoms with E-state index in [1.165, 1.54) is 5.52 Å². The molecule has 1 heterocycles. The molecule has 1 aromatic heterocycles. The van der Waals surface area contributed by atoms with Crippen LogP contribution in [0.15, 0.2) is 48.5 Å². The van der Waals surface area contributed by atoms with Crippen molar-refractivity contribution < 1.29 is 9.47 Å². The lowest BCUT2D eigenvalue weighted by molar-refractivity contribution is 0.283. The maximum absolute atomic E-state index is 5.88. The Morgan fingerprint density at radius 2 is 1.62 bits per heavy atom. The first-order valence-corrected chi connectivity index (χ1v) is 9.22. The van der Waals surface area contributed by atoms with Crippen LogP contribution in [0.25, 0.3) is 11.0 Å². The van der Waals surface area contributed by atoms with Crippen LogP contribution >= 0.6 is 0 Å². The van der Waals surface area contributed by atoms with Crippen LogP contribution in [0, 0.1) is 0 Å². The fourth-order valence-corrected chi connectivity index (χ4v) is 3.17. The summed E-state index contributed by atoms with van der Waals surface area (Å²) < 4.78 is 13.6. The number of hydrogen-bond donors (Lipinski definition) is 0. The van der Waals surface area contributed by atoms with Gasteiger partial charge in [-0.05, 0) is 37.1 Å². The number of unbranched alkanes of at least 4 members (excludes halogenated alkanes) is 1. The summed E-state index contributed by atoms with van der Waals surface area (Å²) in [6.07, 6.45) is 2.02. The highest BCUT2D eigenvalue weighted by molar-refractivity contribution is 5.76. The molecule has 26 heavy (non-hydrogen) atoms. The lowest BCUT2D eigenvalue weighted by Gasteiger charge is -2.20. The number of rotatable bonds is 7. The van der Waals surface area contributed by atoms with Gasteiger partial charge in [0.15, 0.2) is 11.5 Å². The van der Waals surface area contributed by atoms with Gasteiger partial charge < -0.3 is 14.0 Å². The number of aromatic nitrogens is 2. The van der Waals surface area contributed by atoms with Gasteiger partial charge in [-0.3, -0.25) is 0 Å². The molecule has 0 bridgehead atoms. The zero-order valence-corrected chi connectivity index (χ0v) is 16.2. The molecule has 3 aromatic rings. The van der Waals surface area contributed by atoms with Crippen molar-refractivity contribution in [1.29, 1.82) is 0 Å². The molecule has 0 saturated carbocycles. The Morgan fingerprint density at radius 1 is 0.923 bits per heavy atom. The largest absolute Gasteiger partial charge is 0.493 e. The van der Waals surface area contributed by atoms with Gasteiger partial charge in [-0.25, -0.2) is 4.98 Å². The van der Waals surface area contributed by atoms with Crippen molar-refractivity contribution in [2.24, 2.45) is 0 Å². The molecule has 4 heteroatoms. The summed E-state index contributed by atoms with van der Waals surface area (Å²) in [7, 11) is 1.67. The minimum Gasteiger partial charge on any atom is -0.493 e. The third-order valence-corrected chi connectivity index (χ3v) is 4.43. The van der Waals surface area contributed by atoms with Gasteiger partial charge in [-0.1, -0.05) is 45.0 Å². The Kier molecular flexibility index (Phi) is 5.50. The second kappa shape index (κ2) is 7.81. The molecule has 4 nitrogen and oxygen atoms in total. The summed E-state index contributed by atoms with van der Waals surface area (Å²) in [5.41, 5.74) is 2.30. The average Bonchev–Trinajstić information content (AvgIpc) is 3.01. The molecule has 2 aromatic carbocycles. The minimum absolute atomic E-state index is 0.0208. The van der Waals surface area contributed by atoms with Gasteiger partial charge in [0.05, 0.1) is 24.8 Å². The number of benzene rings is 2. The Balaban J connectivity index is 1.63. The molecule has 138 valence electrons. The first kappa shape index (κ1) is 18.3. The molecule has 0 unspecified atom stereocenters. The van der Waals surface area contributed by atoms with Gasteiger partial charge >= 0.3 is 0 Å². The molecule has 0 fully saturated rings. The number of fused-ring (bicyclic) bond motifs is 1. The van der Waals surface area contributed by atoms with Crippen LogP contribution in [-0.4, -0.2) is 23.3 Å². The number of aryl methyl sites for hydroxylation is 1. The van der Waals surface area contributed by atoms with Crippen molar-refractivity contribution in [2.75, 3.05) is 13.7 Å². The van der Waals surface area contributed by atoms with Crippen LogP contribution in [0.4, 0.5) is 0 Å². The second-order valence-electron chi connectivity index (χ2n) is 7.53. The number of hydrogen-bond acceptors (Lipinski definition) is 3. The van der Waals surface area contributed by atoms with Crippen molar-refractivity contribution >= 4 is 11.0 Å². The van der Waals surface area contributed by atoms with Crippen molar-refractivity contribution in [3.05, 3.63) is 54.4 Å². The summed E-state index contributed by atoms with van der Waals surface area (Å²) in [5.74, 6) is 2.73. The molecular formula is C22H28N2O2. The molecule has 0 N–H and O–H groups in total. The molecule has 0 atom stereocenters.